The second-order valence-electron chi connectivity index (χ2n) is 6.25. The molecule has 0 aliphatic carbocycles. The van der Waals surface area contributed by atoms with Gasteiger partial charge in [-0.15, -0.1) is 0 Å². The van der Waals surface area contributed by atoms with Gasteiger partial charge in [0.25, 0.3) is 0 Å². The molecule has 21 heavy (non-hydrogen) atoms. The molecule has 0 radical (unpaired) electrons. The maximum Gasteiger partial charge on any atom is 0.229 e. The smallest absolute Gasteiger partial charge is 0.229 e. The lowest BCUT2D eigenvalue weighted by atomic mass is 9.87. The van der Waals surface area contributed by atoms with Crippen molar-refractivity contribution in [1.29, 1.82) is 0 Å². The van der Waals surface area contributed by atoms with Crippen molar-refractivity contribution in [2.45, 2.75) is 37.5 Å². The highest BCUT2D eigenvalue weighted by Crippen LogP contribution is 2.40. The van der Waals surface area contributed by atoms with Crippen molar-refractivity contribution < 1.29 is 9.53 Å². The number of aromatic nitrogens is 1. The fourth-order valence-electron chi connectivity index (χ4n) is 3.95. The molecule has 1 amide bonds. The predicted octanol–water partition coefficient (Wildman–Crippen LogP) is 1.12. The number of rotatable bonds is 2. The first kappa shape index (κ1) is 13.2. The van der Waals surface area contributed by atoms with E-state index >= 15 is 0 Å². The number of ether oxygens (including phenoxy) is 1. The van der Waals surface area contributed by atoms with E-state index in [-0.39, 0.29) is 24.0 Å². The normalized spacial score (nSPS) is 35.1. The Balaban J connectivity index is 1.55. The Morgan fingerprint density at radius 2 is 2.38 bits per heavy atom. The standard InChI is InChI=1S/C16H21N3O2/c20-16(13-8-12-3-4-15(13)21-12)19-7-6-18-10-14(19)11-2-1-5-17-9-11/h1-2,5,9,12-15,18H,3-4,6-8,10H2. The average Bonchev–Trinajstić information content (AvgIpc) is 3.18. The molecule has 2 bridgehead atoms. The number of nitrogens with zero attached hydrogens (tertiary/aromatic N) is 2. The van der Waals surface area contributed by atoms with Gasteiger partial charge in [-0.3, -0.25) is 9.78 Å². The van der Waals surface area contributed by atoms with Crippen LogP contribution in [0.3, 0.4) is 0 Å². The second kappa shape index (κ2) is 5.39. The van der Waals surface area contributed by atoms with E-state index in [1.165, 1.54) is 0 Å². The third-order valence-corrected chi connectivity index (χ3v) is 5.02. The van der Waals surface area contributed by atoms with E-state index in [2.05, 4.69) is 16.4 Å². The molecule has 1 N–H and O–H groups in total. The summed E-state index contributed by atoms with van der Waals surface area (Å²) in [7, 11) is 0. The number of carbonyl (C=O) groups is 1. The van der Waals surface area contributed by atoms with Crippen LogP contribution in [0.1, 0.15) is 30.9 Å². The zero-order chi connectivity index (χ0) is 14.2. The summed E-state index contributed by atoms with van der Waals surface area (Å²) in [6, 6.07) is 4.09. The van der Waals surface area contributed by atoms with Crippen LogP contribution in [0.5, 0.6) is 0 Å². The molecule has 4 atom stereocenters. The quantitative estimate of drug-likeness (QED) is 0.886. The molecular weight excluding hydrogens is 266 g/mol. The molecule has 0 saturated carbocycles. The van der Waals surface area contributed by atoms with E-state index in [0.717, 1.165) is 44.5 Å². The van der Waals surface area contributed by atoms with Crippen LogP contribution in [0.4, 0.5) is 0 Å². The molecule has 112 valence electrons. The van der Waals surface area contributed by atoms with Crippen LogP contribution in [0.25, 0.3) is 0 Å². The first-order valence-electron chi connectivity index (χ1n) is 7.89. The first-order valence-corrected chi connectivity index (χ1v) is 7.89. The first-order chi connectivity index (χ1) is 10.3. The number of amides is 1. The third kappa shape index (κ3) is 2.34. The van der Waals surface area contributed by atoms with Crippen LogP contribution >= 0.6 is 0 Å². The molecule has 3 fully saturated rings. The minimum Gasteiger partial charge on any atom is -0.374 e. The van der Waals surface area contributed by atoms with E-state index in [1.807, 2.05) is 17.2 Å². The van der Waals surface area contributed by atoms with Gasteiger partial charge in [-0.2, -0.15) is 0 Å². The van der Waals surface area contributed by atoms with Crippen LogP contribution in [0, 0.1) is 5.92 Å². The van der Waals surface area contributed by atoms with E-state index in [1.54, 1.807) is 6.20 Å². The SMILES string of the molecule is O=C(C1CC2CCC1O2)N1CCNCC1c1cccnc1. The molecule has 0 spiro atoms. The summed E-state index contributed by atoms with van der Waals surface area (Å²) in [6.45, 7) is 2.44. The zero-order valence-electron chi connectivity index (χ0n) is 12.1. The summed E-state index contributed by atoms with van der Waals surface area (Å²) in [5.41, 5.74) is 1.11. The van der Waals surface area contributed by atoms with Gasteiger partial charge in [0.2, 0.25) is 5.91 Å². The molecule has 5 nitrogen and oxygen atoms in total. The van der Waals surface area contributed by atoms with Gasteiger partial charge in [-0.1, -0.05) is 6.07 Å². The van der Waals surface area contributed by atoms with Crippen LogP contribution in [0.2, 0.25) is 0 Å². The Morgan fingerprint density at radius 3 is 3.10 bits per heavy atom. The van der Waals surface area contributed by atoms with E-state index in [0.29, 0.717) is 6.10 Å². The lowest BCUT2D eigenvalue weighted by Crippen LogP contribution is -2.51. The van der Waals surface area contributed by atoms with Gasteiger partial charge < -0.3 is 15.0 Å². The summed E-state index contributed by atoms with van der Waals surface area (Å²) in [5, 5.41) is 3.39. The zero-order valence-corrected chi connectivity index (χ0v) is 12.1. The average molecular weight is 287 g/mol. The molecule has 4 heterocycles. The molecule has 3 aliphatic heterocycles. The maximum atomic E-state index is 13.0. The molecule has 0 aromatic carbocycles. The maximum absolute atomic E-state index is 13.0. The highest BCUT2D eigenvalue weighted by molar-refractivity contribution is 5.80. The van der Waals surface area contributed by atoms with Crippen molar-refractivity contribution in [2.24, 2.45) is 5.92 Å². The number of hydrogen-bond acceptors (Lipinski definition) is 4. The van der Waals surface area contributed by atoms with E-state index < -0.39 is 0 Å². The Morgan fingerprint density at radius 1 is 1.43 bits per heavy atom. The van der Waals surface area contributed by atoms with Gasteiger partial charge in [-0.25, -0.2) is 0 Å². The lowest BCUT2D eigenvalue weighted by Gasteiger charge is -2.38. The summed E-state index contributed by atoms with van der Waals surface area (Å²) in [5.74, 6) is 0.346. The minimum atomic E-state index is 0.0704. The largest absolute Gasteiger partial charge is 0.374 e. The Labute approximate surface area is 124 Å². The molecule has 1 aromatic rings. The number of fused-ring (bicyclic) bond motifs is 2. The Bertz CT molecular complexity index is 522. The van der Waals surface area contributed by atoms with Crippen LogP contribution in [-0.2, 0) is 9.53 Å². The molecule has 4 unspecified atom stereocenters. The highest BCUT2D eigenvalue weighted by atomic mass is 16.5. The molecule has 3 aliphatic rings. The Hall–Kier alpha value is -1.46. The third-order valence-electron chi connectivity index (χ3n) is 5.02. The topological polar surface area (TPSA) is 54.5 Å². The Kier molecular flexibility index (Phi) is 3.39. The van der Waals surface area contributed by atoms with Crippen LogP contribution in [-0.4, -0.2) is 47.6 Å². The van der Waals surface area contributed by atoms with Crippen molar-refractivity contribution >= 4 is 5.91 Å². The van der Waals surface area contributed by atoms with Crippen molar-refractivity contribution in [1.82, 2.24) is 15.2 Å². The van der Waals surface area contributed by atoms with Crippen molar-refractivity contribution in [2.75, 3.05) is 19.6 Å². The van der Waals surface area contributed by atoms with Gasteiger partial charge in [0, 0.05) is 32.0 Å². The summed E-state index contributed by atoms with van der Waals surface area (Å²) in [4.78, 5) is 19.2. The second-order valence-corrected chi connectivity index (χ2v) is 6.25. The fraction of sp³-hybridized carbons (Fsp3) is 0.625. The minimum absolute atomic E-state index is 0.0704. The van der Waals surface area contributed by atoms with Crippen molar-refractivity contribution in [3.8, 4) is 0 Å². The molecule has 4 rings (SSSR count). The van der Waals surface area contributed by atoms with Crippen LogP contribution < -0.4 is 5.32 Å². The number of carbonyl (C=O) groups excluding carboxylic acids is 1. The summed E-state index contributed by atoms with van der Waals surface area (Å²) >= 11 is 0. The van der Waals surface area contributed by atoms with Crippen molar-refractivity contribution in [3.05, 3.63) is 30.1 Å². The van der Waals surface area contributed by atoms with E-state index in [9.17, 15) is 4.79 Å². The summed E-state index contributed by atoms with van der Waals surface area (Å²) < 4.78 is 5.86. The molecule has 3 saturated heterocycles. The van der Waals surface area contributed by atoms with Gasteiger partial charge in [0.1, 0.15) is 0 Å². The number of nitrogens with one attached hydrogen (secondary N) is 1. The highest BCUT2D eigenvalue weighted by Gasteiger charge is 2.46. The lowest BCUT2D eigenvalue weighted by molar-refractivity contribution is -0.140. The number of pyridine rings is 1. The van der Waals surface area contributed by atoms with Gasteiger partial charge >= 0.3 is 0 Å². The van der Waals surface area contributed by atoms with E-state index in [4.69, 9.17) is 4.74 Å². The molecule has 1 aromatic heterocycles. The molecular formula is C16H21N3O2. The van der Waals surface area contributed by atoms with Gasteiger partial charge in [0.05, 0.1) is 24.2 Å². The van der Waals surface area contributed by atoms with Crippen molar-refractivity contribution in [3.63, 3.8) is 0 Å². The fourth-order valence-corrected chi connectivity index (χ4v) is 3.95. The predicted molar refractivity (Wildman–Crippen MR) is 77.6 cm³/mol. The monoisotopic (exact) mass is 287 g/mol. The number of hydrogen-bond donors (Lipinski definition) is 1. The summed E-state index contributed by atoms with van der Waals surface area (Å²) in [6.07, 6.45) is 7.21. The molecule has 5 heteroatoms. The van der Waals surface area contributed by atoms with Gasteiger partial charge in [-0.05, 0) is 30.9 Å². The number of piperazine rings is 1. The van der Waals surface area contributed by atoms with Crippen LogP contribution in [0.15, 0.2) is 24.5 Å². The van der Waals surface area contributed by atoms with Gasteiger partial charge in [0.15, 0.2) is 0 Å².